The van der Waals surface area contributed by atoms with E-state index >= 15 is 0 Å². The first-order valence-electron chi connectivity index (χ1n) is 8.96. The Morgan fingerprint density at radius 2 is 1.79 bits per heavy atom. The summed E-state index contributed by atoms with van der Waals surface area (Å²) in [7, 11) is 1.76. The lowest BCUT2D eigenvalue weighted by Crippen LogP contribution is -2.23. The van der Waals surface area contributed by atoms with E-state index in [1.807, 2.05) is 30.3 Å². The molecule has 29 heavy (non-hydrogen) atoms. The molecule has 0 atom stereocenters. The van der Waals surface area contributed by atoms with Gasteiger partial charge >= 0.3 is 0 Å². The third-order valence-corrected chi connectivity index (χ3v) is 4.80. The minimum absolute atomic E-state index is 0.0654. The predicted octanol–water partition coefficient (Wildman–Crippen LogP) is 2.83. The number of carbonyl (C=O) groups excluding carboxylic acids is 1. The summed E-state index contributed by atoms with van der Waals surface area (Å²) < 4.78 is 3.18. The number of carbonyl (C=O) groups is 1. The second-order valence-electron chi connectivity index (χ2n) is 6.57. The monoisotopic (exact) mass is 389 g/mol. The lowest BCUT2D eigenvalue weighted by atomic mass is 10.1. The van der Waals surface area contributed by atoms with Crippen molar-refractivity contribution in [2.24, 2.45) is 7.05 Å². The van der Waals surface area contributed by atoms with Crippen molar-refractivity contribution in [1.29, 1.82) is 0 Å². The van der Waals surface area contributed by atoms with Crippen molar-refractivity contribution in [3.05, 3.63) is 82.4 Å². The van der Waals surface area contributed by atoms with Gasteiger partial charge in [0, 0.05) is 12.6 Å². The number of hydrogen-bond acceptors (Lipinski definition) is 4. The molecule has 3 N–H and O–H groups in total. The fourth-order valence-electron chi connectivity index (χ4n) is 3.16. The number of benzene rings is 2. The molecule has 4 aromatic rings. The van der Waals surface area contributed by atoms with Crippen molar-refractivity contribution in [3.8, 4) is 22.7 Å². The van der Waals surface area contributed by atoms with E-state index in [4.69, 9.17) is 0 Å². The highest BCUT2D eigenvalue weighted by Gasteiger charge is 2.20. The highest BCUT2D eigenvalue weighted by Crippen LogP contribution is 2.27. The van der Waals surface area contributed by atoms with Crippen molar-refractivity contribution < 1.29 is 9.90 Å². The second kappa shape index (κ2) is 7.16. The fourth-order valence-corrected chi connectivity index (χ4v) is 3.16. The number of H-pyrrole nitrogens is 1. The number of hydrogen-bond donors (Lipinski definition) is 3. The number of aromatic nitrogens is 4. The lowest BCUT2D eigenvalue weighted by molar-refractivity contribution is 0.102. The lowest BCUT2D eigenvalue weighted by Gasteiger charge is -2.07. The topological polar surface area (TPSA) is 105 Å². The molecule has 8 heteroatoms. The van der Waals surface area contributed by atoms with E-state index in [1.54, 1.807) is 42.9 Å². The molecule has 0 saturated heterocycles. The molecule has 4 rings (SSSR count). The van der Waals surface area contributed by atoms with Gasteiger partial charge in [-0.15, -0.1) is 0 Å². The molecular weight excluding hydrogens is 370 g/mol. The summed E-state index contributed by atoms with van der Waals surface area (Å²) >= 11 is 0. The molecule has 0 unspecified atom stereocenters. The van der Waals surface area contributed by atoms with E-state index < -0.39 is 5.91 Å². The van der Waals surface area contributed by atoms with Crippen LogP contribution >= 0.6 is 0 Å². The Hall–Kier alpha value is -4.07. The van der Waals surface area contributed by atoms with Crippen LogP contribution in [0.2, 0.25) is 0 Å². The molecule has 0 aliphatic rings. The third kappa shape index (κ3) is 3.20. The molecule has 8 nitrogen and oxygen atoms in total. The maximum absolute atomic E-state index is 12.9. The predicted molar refractivity (Wildman–Crippen MR) is 109 cm³/mol. The number of phenolic OH excluding ortho intramolecular Hbond substituents is 1. The van der Waals surface area contributed by atoms with Crippen LogP contribution in [0.3, 0.4) is 0 Å². The van der Waals surface area contributed by atoms with Gasteiger partial charge in [0.05, 0.1) is 17.1 Å². The number of nitrogens with zero attached hydrogens (tertiary/aromatic N) is 3. The maximum Gasteiger partial charge on any atom is 0.295 e. The van der Waals surface area contributed by atoms with Crippen LogP contribution < -0.4 is 10.9 Å². The van der Waals surface area contributed by atoms with Gasteiger partial charge in [-0.25, -0.2) is 4.68 Å². The van der Waals surface area contributed by atoms with Gasteiger partial charge in [0.2, 0.25) is 0 Å². The van der Waals surface area contributed by atoms with Crippen LogP contribution in [0, 0.1) is 6.92 Å². The van der Waals surface area contributed by atoms with Crippen LogP contribution in [0.5, 0.6) is 5.75 Å². The molecule has 2 aromatic heterocycles. The average Bonchev–Trinajstić information content (AvgIpc) is 3.29. The number of rotatable bonds is 4. The molecule has 0 bridgehead atoms. The number of aromatic hydroxyl groups is 1. The van der Waals surface area contributed by atoms with E-state index in [0.29, 0.717) is 22.6 Å². The number of amides is 1. The molecule has 0 spiro atoms. The van der Waals surface area contributed by atoms with Crippen LogP contribution in [0.15, 0.2) is 65.5 Å². The molecule has 2 aromatic carbocycles. The first-order valence-corrected chi connectivity index (χ1v) is 8.96. The summed E-state index contributed by atoms with van der Waals surface area (Å²) in [5.74, 6) is -0.430. The number of nitrogens with one attached hydrogen (secondary N) is 2. The minimum Gasteiger partial charge on any atom is -0.507 e. The van der Waals surface area contributed by atoms with Gasteiger partial charge in [-0.1, -0.05) is 30.3 Å². The van der Waals surface area contributed by atoms with E-state index in [-0.39, 0.29) is 22.7 Å². The second-order valence-corrected chi connectivity index (χ2v) is 6.57. The van der Waals surface area contributed by atoms with Crippen molar-refractivity contribution in [2.75, 3.05) is 5.32 Å². The van der Waals surface area contributed by atoms with Crippen LogP contribution in [-0.4, -0.2) is 30.6 Å². The normalized spacial score (nSPS) is 10.8. The van der Waals surface area contributed by atoms with E-state index in [0.717, 1.165) is 0 Å². The Balaban J connectivity index is 1.65. The van der Waals surface area contributed by atoms with E-state index in [1.165, 1.54) is 10.7 Å². The number of phenols is 1. The largest absolute Gasteiger partial charge is 0.507 e. The highest BCUT2D eigenvalue weighted by molar-refractivity contribution is 6.03. The van der Waals surface area contributed by atoms with Crippen molar-refractivity contribution in [1.82, 2.24) is 19.6 Å². The van der Waals surface area contributed by atoms with Crippen molar-refractivity contribution >= 4 is 11.6 Å². The molecule has 0 saturated carbocycles. The quantitative estimate of drug-likeness (QED) is 0.499. The zero-order chi connectivity index (χ0) is 20.5. The molecule has 0 aliphatic heterocycles. The number of para-hydroxylation sites is 2. The number of anilines is 1. The Labute approximate surface area is 166 Å². The summed E-state index contributed by atoms with van der Waals surface area (Å²) in [5.41, 5.74) is 2.30. The third-order valence-electron chi connectivity index (χ3n) is 4.80. The van der Waals surface area contributed by atoms with Crippen LogP contribution in [0.4, 0.5) is 5.69 Å². The first-order chi connectivity index (χ1) is 14.0. The smallest absolute Gasteiger partial charge is 0.295 e. The summed E-state index contributed by atoms with van der Waals surface area (Å²) in [4.78, 5) is 25.6. The standard InChI is InChI=1S/C21H19N5O3/c1-13-19(21(29)26(25(13)2)14-8-4-3-5-9-14)22-20(28)17-12-16(23-24-17)15-10-6-7-11-18(15)27/h3-12,27H,1-2H3,(H,22,28)(H,23,24). The summed E-state index contributed by atoms with van der Waals surface area (Å²) in [6.07, 6.45) is 0. The molecule has 0 aliphatic carbocycles. The minimum atomic E-state index is -0.495. The summed E-state index contributed by atoms with van der Waals surface area (Å²) in [6, 6.07) is 17.4. The van der Waals surface area contributed by atoms with Gasteiger partial charge in [-0.05, 0) is 37.3 Å². The molecular formula is C21H19N5O3. The van der Waals surface area contributed by atoms with Gasteiger partial charge in [0.25, 0.3) is 11.5 Å². The maximum atomic E-state index is 12.9. The number of aromatic amines is 1. The van der Waals surface area contributed by atoms with Gasteiger partial charge in [-0.3, -0.25) is 19.4 Å². The molecule has 1 amide bonds. The van der Waals surface area contributed by atoms with E-state index in [9.17, 15) is 14.7 Å². The van der Waals surface area contributed by atoms with E-state index in [2.05, 4.69) is 15.5 Å². The summed E-state index contributed by atoms with van der Waals surface area (Å²) in [5, 5.41) is 19.4. The van der Waals surface area contributed by atoms with Gasteiger partial charge in [0.1, 0.15) is 17.1 Å². The SMILES string of the molecule is Cc1c(NC(=O)c2cc(-c3ccccc3O)n[nH]2)c(=O)n(-c2ccccc2)n1C. The Kier molecular flexibility index (Phi) is 4.52. The van der Waals surface area contributed by atoms with Crippen molar-refractivity contribution in [3.63, 3.8) is 0 Å². The van der Waals surface area contributed by atoms with Gasteiger partial charge in [-0.2, -0.15) is 5.10 Å². The summed E-state index contributed by atoms with van der Waals surface area (Å²) in [6.45, 7) is 1.76. The zero-order valence-electron chi connectivity index (χ0n) is 15.9. The molecule has 146 valence electrons. The molecule has 0 radical (unpaired) electrons. The Bertz CT molecular complexity index is 1250. The zero-order valence-corrected chi connectivity index (χ0v) is 15.9. The van der Waals surface area contributed by atoms with Crippen LogP contribution in [0.25, 0.3) is 16.9 Å². The Morgan fingerprint density at radius 3 is 2.52 bits per heavy atom. The van der Waals surface area contributed by atoms with Crippen LogP contribution in [0.1, 0.15) is 16.2 Å². The fraction of sp³-hybridized carbons (Fsp3) is 0.0952. The molecule has 2 heterocycles. The van der Waals surface area contributed by atoms with Gasteiger partial charge < -0.3 is 10.4 Å². The van der Waals surface area contributed by atoms with Gasteiger partial charge in [0.15, 0.2) is 0 Å². The molecule has 0 fully saturated rings. The van der Waals surface area contributed by atoms with Crippen molar-refractivity contribution in [2.45, 2.75) is 6.92 Å². The average molecular weight is 389 g/mol. The first kappa shape index (κ1) is 18.3. The Morgan fingerprint density at radius 1 is 1.10 bits per heavy atom. The van der Waals surface area contributed by atoms with Crippen LogP contribution in [-0.2, 0) is 7.05 Å². The highest BCUT2D eigenvalue weighted by atomic mass is 16.3.